The van der Waals surface area contributed by atoms with E-state index in [4.69, 9.17) is 16.6 Å². The van der Waals surface area contributed by atoms with E-state index in [2.05, 4.69) is 22.8 Å². The van der Waals surface area contributed by atoms with Gasteiger partial charge in [0.15, 0.2) is 0 Å². The van der Waals surface area contributed by atoms with Crippen LogP contribution in [0.5, 0.6) is 0 Å². The van der Waals surface area contributed by atoms with E-state index in [1.165, 1.54) is 0 Å². The molecule has 1 fully saturated rings. The second-order valence-electron chi connectivity index (χ2n) is 7.07. The number of para-hydroxylation sites is 1. The van der Waals surface area contributed by atoms with Gasteiger partial charge in [0.25, 0.3) is 5.91 Å². The molecule has 0 spiro atoms. The second-order valence-corrected chi connectivity index (χ2v) is 7.50. The third-order valence-corrected chi connectivity index (χ3v) is 5.33. The molecule has 0 unspecified atom stereocenters. The first-order valence-corrected chi connectivity index (χ1v) is 9.74. The maximum absolute atomic E-state index is 12.4. The Bertz CT molecular complexity index is 955. The van der Waals surface area contributed by atoms with E-state index in [0.29, 0.717) is 16.6 Å². The Labute approximate surface area is 176 Å². The maximum atomic E-state index is 12.4. The van der Waals surface area contributed by atoms with E-state index in [-0.39, 0.29) is 24.4 Å². The van der Waals surface area contributed by atoms with Crippen LogP contribution in [0.4, 0.5) is 5.82 Å². The molecule has 1 aliphatic rings. The molecular weight excluding hydrogens is 393 g/mol. The van der Waals surface area contributed by atoms with E-state index >= 15 is 0 Å². The predicted molar refractivity (Wildman–Crippen MR) is 118 cm³/mol. The van der Waals surface area contributed by atoms with Gasteiger partial charge in [-0.25, -0.2) is 4.98 Å². The zero-order valence-corrected chi connectivity index (χ0v) is 17.0. The number of aromatic nitrogens is 1. The van der Waals surface area contributed by atoms with Gasteiger partial charge in [-0.15, -0.1) is 12.4 Å². The van der Waals surface area contributed by atoms with Crippen LogP contribution in [-0.2, 0) is 0 Å². The van der Waals surface area contributed by atoms with Crippen LogP contribution in [0.2, 0.25) is 5.02 Å². The zero-order valence-electron chi connectivity index (χ0n) is 15.4. The molecule has 0 saturated heterocycles. The Kier molecular flexibility index (Phi) is 6.76. The molecule has 28 heavy (non-hydrogen) atoms. The summed E-state index contributed by atoms with van der Waals surface area (Å²) in [5.74, 6) is 0.866. The van der Waals surface area contributed by atoms with Gasteiger partial charge in [0.1, 0.15) is 5.82 Å². The van der Waals surface area contributed by atoms with E-state index in [0.717, 1.165) is 42.4 Å². The van der Waals surface area contributed by atoms with Crippen LogP contribution in [0.1, 0.15) is 36.0 Å². The van der Waals surface area contributed by atoms with E-state index < -0.39 is 0 Å². The van der Waals surface area contributed by atoms with Gasteiger partial charge in [-0.3, -0.25) is 4.79 Å². The first kappa shape index (κ1) is 20.4. The summed E-state index contributed by atoms with van der Waals surface area (Å²) in [6.45, 7) is 0. The van der Waals surface area contributed by atoms with Gasteiger partial charge < -0.3 is 10.6 Å². The van der Waals surface area contributed by atoms with Crippen LogP contribution >= 0.6 is 24.0 Å². The molecule has 4 rings (SSSR count). The number of carbonyl (C=O) groups is 1. The molecule has 1 aliphatic carbocycles. The van der Waals surface area contributed by atoms with Crippen molar-refractivity contribution in [2.24, 2.45) is 0 Å². The average Bonchev–Trinajstić information content (AvgIpc) is 2.69. The number of benzene rings is 2. The fourth-order valence-electron chi connectivity index (χ4n) is 3.64. The molecule has 1 aromatic heterocycles. The van der Waals surface area contributed by atoms with Gasteiger partial charge in [-0.1, -0.05) is 35.9 Å². The molecule has 146 valence electrons. The molecule has 1 amide bonds. The van der Waals surface area contributed by atoms with Crippen molar-refractivity contribution in [3.63, 3.8) is 0 Å². The largest absolute Gasteiger partial charge is 0.367 e. The minimum atomic E-state index is -0.0508. The Balaban J connectivity index is 0.00000225. The van der Waals surface area contributed by atoms with Crippen LogP contribution in [0.15, 0.2) is 60.7 Å². The number of hydrogen-bond donors (Lipinski definition) is 2. The van der Waals surface area contributed by atoms with Gasteiger partial charge >= 0.3 is 0 Å². The second kappa shape index (κ2) is 9.26. The molecule has 0 radical (unpaired) electrons. The van der Waals surface area contributed by atoms with Crippen molar-refractivity contribution in [2.45, 2.75) is 37.8 Å². The normalized spacial score (nSPS) is 18.9. The Morgan fingerprint density at radius 3 is 2.46 bits per heavy atom. The summed E-state index contributed by atoms with van der Waals surface area (Å²) in [4.78, 5) is 17.1. The Morgan fingerprint density at radius 1 is 0.929 bits per heavy atom. The van der Waals surface area contributed by atoms with Crippen molar-refractivity contribution in [1.82, 2.24) is 10.3 Å². The van der Waals surface area contributed by atoms with E-state index in [1.807, 2.05) is 24.3 Å². The number of fused-ring (bicyclic) bond motifs is 1. The molecule has 6 heteroatoms. The summed E-state index contributed by atoms with van der Waals surface area (Å²) in [5, 5.41) is 8.41. The van der Waals surface area contributed by atoms with Gasteiger partial charge in [0.2, 0.25) is 0 Å². The van der Waals surface area contributed by atoms with Crippen LogP contribution in [-0.4, -0.2) is 23.0 Å². The van der Waals surface area contributed by atoms with Crippen LogP contribution < -0.4 is 10.6 Å². The molecule has 0 atom stereocenters. The van der Waals surface area contributed by atoms with Crippen LogP contribution in [0.3, 0.4) is 0 Å². The standard InChI is InChI=1S/C22H22ClN3O.ClH/c23-17-6-3-5-16(14-17)22(27)25-19-11-9-18(10-12-19)24-21-13-8-15-4-1-2-7-20(15)26-21;/h1-8,13-14,18-19H,9-12H2,(H,24,26)(H,25,27);1H. The highest BCUT2D eigenvalue weighted by Crippen LogP contribution is 2.23. The van der Waals surface area contributed by atoms with Crippen molar-refractivity contribution < 1.29 is 4.79 Å². The third kappa shape index (κ3) is 4.94. The van der Waals surface area contributed by atoms with Gasteiger partial charge in [0.05, 0.1) is 5.52 Å². The lowest BCUT2D eigenvalue weighted by atomic mass is 9.91. The highest BCUT2D eigenvalue weighted by atomic mass is 35.5. The van der Waals surface area contributed by atoms with E-state index in [9.17, 15) is 4.79 Å². The molecular formula is C22H23Cl2N3O. The number of nitrogens with zero attached hydrogens (tertiary/aromatic N) is 1. The summed E-state index contributed by atoms with van der Waals surface area (Å²) in [6, 6.07) is 19.9. The fraction of sp³-hybridized carbons (Fsp3) is 0.273. The highest BCUT2D eigenvalue weighted by molar-refractivity contribution is 6.30. The topological polar surface area (TPSA) is 54.0 Å². The lowest BCUT2D eigenvalue weighted by Gasteiger charge is -2.30. The monoisotopic (exact) mass is 415 g/mol. The number of pyridine rings is 1. The molecule has 1 saturated carbocycles. The first-order valence-electron chi connectivity index (χ1n) is 9.36. The summed E-state index contributed by atoms with van der Waals surface area (Å²) in [7, 11) is 0. The molecule has 0 bridgehead atoms. The van der Waals surface area contributed by atoms with Crippen molar-refractivity contribution in [3.8, 4) is 0 Å². The quantitative estimate of drug-likeness (QED) is 0.594. The van der Waals surface area contributed by atoms with E-state index in [1.54, 1.807) is 24.3 Å². The lowest BCUT2D eigenvalue weighted by molar-refractivity contribution is 0.0926. The SMILES string of the molecule is Cl.O=C(NC1CCC(Nc2ccc3ccccc3n2)CC1)c1cccc(Cl)c1. The van der Waals surface area contributed by atoms with Crippen molar-refractivity contribution in [1.29, 1.82) is 0 Å². The first-order chi connectivity index (χ1) is 13.2. The van der Waals surface area contributed by atoms with Gasteiger partial charge in [-0.05, 0) is 62.1 Å². The van der Waals surface area contributed by atoms with Crippen molar-refractivity contribution in [2.75, 3.05) is 5.32 Å². The fourth-order valence-corrected chi connectivity index (χ4v) is 3.83. The number of anilines is 1. The Morgan fingerprint density at radius 2 is 1.68 bits per heavy atom. The molecule has 3 aromatic rings. The minimum Gasteiger partial charge on any atom is -0.367 e. The average molecular weight is 416 g/mol. The maximum Gasteiger partial charge on any atom is 0.251 e. The Hall–Kier alpha value is -2.30. The molecule has 4 nitrogen and oxygen atoms in total. The molecule has 2 N–H and O–H groups in total. The molecule has 0 aliphatic heterocycles. The highest BCUT2D eigenvalue weighted by Gasteiger charge is 2.23. The minimum absolute atomic E-state index is 0. The van der Waals surface area contributed by atoms with Crippen molar-refractivity contribution in [3.05, 3.63) is 71.2 Å². The number of hydrogen-bond acceptors (Lipinski definition) is 3. The van der Waals surface area contributed by atoms with Gasteiger partial charge in [0, 0.05) is 28.1 Å². The lowest BCUT2D eigenvalue weighted by Crippen LogP contribution is -2.40. The van der Waals surface area contributed by atoms with Gasteiger partial charge in [-0.2, -0.15) is 0 Å². The molecule has 2 aromatic carbocycles. The van der Waals surface area contributed by atoms with Crippen LogP contribution in [0, 0.1) is 0 Å². The summed E-state index contributed by atoms with van der Waals surface area (Å²) in [5.41, 5.74) is 1.62. The summed E-state index contributed by atoms with van der Waals surface area (Å²) in [6.07, 6.45) is 3.93. The summed E-state index contributed by atoms with van der Waals surface area (Å²) < 4.78 is 0. The summed E-state index contributed by atoms with van der Waals surface area (Å²) >= 11 is 5.97. The van der Waals surface area contributed by atoms with Crippen LogP contribution in [0.25, 0.3) is 10.9 Å². The zero-order chi connectivity index (χ0) is 18.6. The predicted octanol–water partition coefficient (Wildman–Crippen LogP) is 5.46. The van der Waals surface area contributed by atoms with Crippen molar-refractivity contribution >= 4 is 46.6 Å². The number of halogens is 2. The molecule has 1 heterocycles. The smallest absolute Gasteiger partial charge is 0.251 e. The number of rotatable bonds is 4. The number of amides is 1. The third-order valence-electron chi connectivity index (χ3n) is 5.10. The number of nitrogens with one attached hydrogen (secondary N) is 2. The number of carbonyl (C=O) groups excluding carboxylic acids is 1.